The Bertz CT molecular complexity index is 758. The van der Waals surface area contributed by atoms with Crippen LogP contribution in [0.25, 0.3) is 0 Å². The molecule has 1 unspecified atom stereocenters. The Morgan fingerprint density at radius 1 is 1.04 bits per heavy atom. The molecular weight excluding hydrogens is 308 g/mol. The minimum absolute atomic E-state index is 0.0703. The van der Waals surface area contributed by atoms with Crippen LogP contribution in [0.5, 0.6) is 11.5 Å². The zero-order chi connectivity index (χ0) is 17.7. The molecule has 0 bridgehead atoms. The summed E-state index contributed by atoms with van der Waals surface area (Å²) in [6.45, 7) is 5.46. The molecule has 126 valence electrons. The molecular formula is C18H20N2O4. The Balaban J connectivity index is 1.93. The zero-order valence-electron chi connectivity index (χ0n) is 13.8. The largest absolute Gasteiger partial charge is 0.507 e. The predicted molar refractivity (Wildman–Crippen MR) is 89.7 cm³/mol. The first-order valence-electron chi connectivity index (χ1n) is 7.51. The monoisotopic (exact) mass is 328 g/mol. The molecule has 0 aliphatic carbocycles. The number of phenolic OH excluding ortho intramolecular Hbond substituents is 1. The third-order valence-corrected chi connectivity index (χ3v) is 3.68. The lowest BCUT2D eigenvalue weighted by Gasteiger charge is -2.17. The molecule has 0 saturated heterocycles. The second-order valence-corrected chi connectivity index (χ2v) is 5.42. The summed E-state index contributed by atoms with van der Waals surface area (Å²) in [4.78, 5) is 24.0. The number of para-hydroxylation sites is 1. The van der Waals surface area contributed by atoms with Crippen LogP contribution < -0.4 is 15.6 Å². The van der Waals surface area contributed by atoms with Crippen LogP contribution in [0.3, 0.4) is 0 Å². The number of hydrogen-bond donors (Lipinski definition) is 3. The fraction of sp³-hybridized carbons (Fsp3) is 0.222. The third kappa shape index (κ3) is 4.04. The minimum Gasteiger partial charge on any atom is -0.507 e. The first kappa shape index (κ1) is 17.3. The average molecular weight is 328 g/mol. The molecule has 6 heteroatoms. The molecule has 0 aliphatic heterocycles. The summed E-state index contributed by atoms with van der Waals surface area (Å²) >= 11 is 0. The lowest BCUT2D eigenvalue weighted by molar-refractivity contribution is -0.128. The lowest BCUT2D eigenvalue weighted by Crippen LogP contribution is -2.47. The number of ether oxygens (including phenoxy) is 1. The van der Waals surface area contributed by atoms with Gasteiger partial charge in [0.25, 0.3) is 11.8 Å². The second-order valence-electron chi connectivity index (χ2n) is 5.42. The highest BCUT2D eigenvalue weighted by Crippen LogP contribution is 2.21. The number of carbonyl (C=O) groups excluding carboxylic acids is 2. The van der Waals surface area contributed by atoms with Crippen molar-refractivity contribution in [2.45, 2.75) is 26.9 Å². The third-order valence-electron chi connectivity index (χ3n) is 3.68. The molecule has 2 aromatic rings. The van der Waals surface area contributed by atoms with Gasteiger partial charge in [-0.05, 0) is 50.1 Å². The second kappa shape index (κ2) is 7.50. The topological polar surface area (TPSA) is 87.7 Å². The van der Waals surface area contributed by atoms with Crippen molar-refractivity contribution in [3.05, 3.63) is 59.2 Å². The molecule has 0 fully saturated rings. The maximum Gasteiger partial charge on any atom is 0.279 e. The molecule has 0 spiro atoms. The number of nitrogens with one attached hydrogen (secondary N) is 2. The molecule has 0 aliphatic rings. The molecule has 2 amide bonds. The fourth-order valence-corrected chi connectivity index (χ4v) is 2.05. The maximum atomic E-state index is 12.1. The Hall–Kier alpha value is -3.02. The van der Waals surface area contributed by atoms with Crippen LogP contribution in [0.2, 0.25) is 0 Å². The summed E-state index contributed by atoms with van der Waals surface area (Å²) < 4.78 is 5.64. The van der Waals surface area contributed by atoms with Crippen LogP contribution in [-0.2, 0) is 4.79 Å². The van der Waals surface area contributed by atoms with Crippen molar-refractivity contribution in [2.75, 3.05) is 0 Å². The van der Waals surface area contributed by atoms with Gasteiger partial charge < -0.3 is 9.84 Å². The summed E-state index contributed by atoms with van der Waals surface area (Å²) in [6, 6.07) is 11.7. The number of phenols is 1. The van der Waals surface area contributed by atoms with Crippen LogP contribution in [-0.4, -0.2) is 23.0 Å². The number of aromatic hydroxyl groups is 1. The van der Waals surface area contributed by atoms with Gasteiger partial charge in [0.05, 0.1) is 5.56 Å². The molecule has 0 aromatic heterocycles. The van der Waals surface area contributed by atoms with E-state index in [0.29, 0.717) is 5.75 Å². The van der Waals surface area contributed by atoms with E-state index in [2.05, 4.69) is 10.9 Å². The standard InChI is InChI=1S/C18H20N2O4/c1-11-7-6-10-16(12(11)2)24-13(3)17(22)19-20-18(23)14-8-4-5-9-15(14)21/h4-10,13,21H,1-3H3,(H,19,22)(H,20,23). The Kier molecular flexibility index (Phi) is 5.42. The Morgan fingerprint density at radius 2 is 1.75 bits per heavy atom. The first-order chi connectivity index (χ1) is 11.4. The van der Waals surface area contributed by atoms with E-state index in [9.17, 15) is 14.7 Å². The molecule has 2 aromatic carbocycles. The molecule has 6 nitrogen and oxygen atoms in total. The predicted octanol–water partition coefficient (Wildman–Crippen LogP) is 2.24. The van der Waals surface area contributed by atoms with E-state index in [4.69, 9.17) is 4.74 Å². The SMILES string of the molecule is Cc1cccc(OC(C)C(=O)NNC(=O)c2ccccc2O)c1C. The van der Waals surface area contributed by atoms with Gasteiger partial charge in [0, 0.05) is 0 Å². The van der Waals surface area contributed by atoms with Gasteiger partial charge in [-0.25, -0.2) is 0 Å². The van der Waals surface area contributed by atoms with Crippen molar-refractivity contribution in [1.82, 2.24) is 10.9 Å². The van der Waals surface area contributed by atoms with Gasteiger partial charge in [-0.1, -0.05) is 24.3 Å². The van der Waals surface area contributed by atoms with Gasteiger partial charge in [0.1, 0.15) is 11.5 Å². The molecule has 1 atom stereocenters. The summed E-state index contributed by atoms with van der Waals surface area (Å²) in [5.74, 6) is -0.659. The van der Waals surface area contributed by atoms with E-state index < -0.39 is 17.9 Å². The average Bonchev–Trinajstić information content (AvgIpc) is 2.56. The van der Waals surface area contributed by atoms with Crippen molar-refractivity contribution in [1.29, 1.82) is 0 Å². The van der Waals surface area contributed by atoms with Crippen molar-refractivity contribution in [3.63, 3.8) is 0 Å². The molecule has 0 heterocycles. The molecule has 24 heavy (non-hydrogen) atoms. The van der Waals surface area contributed by atoms with Crippen molar-refractivity contribution < 1.29 is 19.4 Å². The molecule has 2 rings (SSSR count). The number of hydrogen-bond acceptors (Lipinski definition) is 4. The highest BCUT2D eigenvalue weighted by atomic mass is 16.5. The normalized spacial score (nSPS) is 11.5. The minimum atomic E-state index is -0.796. The number of carbonyl (C=O) groups is 2. The summed E-state index contributed by atoms with van der Waals surface area (Å²) in [5, 5.41) is 9.61. The van der Waals surface area contributed by atoms with Gasteiger partial charge in [-0.3, -0.25) is 20.4 Å². The van der Waals surface area contributed by atoms with E-state index in [1.807, 2.05) is 26.0 Å². The molecule has 0 radical (unpaired) electrons. The smallest absolute Gasteiger partial charge is 0.279 e. The number of hydrazine groups is 1. The van der Waals surface area contributed by atoms with Gasteiger partial charge in [0.15, 0.2) is 6.10 Å². The molecule has 3 N–H and O–H groups in total. The van der Waals surface area contributed by atoms with Crippen LogP contribution in [0.4, 0.5) is 0 Å². The highest BCUT2D eigenvalue weighted by Gasteiger charge is 2.18. The molecule has 0 saturated carbocycles. The van der Waals surface area contributed by atoms with Crippen LogP contribution in [0.15, 0.2) is 42.5 Å². The lowest BCUT2D eigenvalue weighted by atomic mass is 10.1. The van der Waals surface area contributed by atoms with Crippen LogP contribution in [0.1, 0.15) is 28.4 Å². The van der Waals surface area contributed by atoms with E-state index in [-0.39, 0.29) is 11.3 Å². The van der Waals surface area contributed by atoms with Gasteiger partial charge in [-0.15, -0.1) is 0 Å². The van der Waals surface area contributed by atoms with Crippen molar-refractivity contribution >= 4 is 11.8 Å². The number of aryl methyl sites for hydroxylation is 1. The van der Waals surface area contributed by atoms with Crippen molar-refractivity contribution in [3.8, 4) is 11.5 Å². The Morgan fingerprint density at radius 3 is 2.46 bits per heavy atom. The first-order valence-corrected chi connectivity index (χ1v) is 7.51. The number of rotatable bonds is 4. The van der Waals surface area contributed by atoms with Gasteiger partial charge >= 0.3 is 0 Å². The van der Waals surface area contributed by atoms with Gasteiger partial charge in [-0.2, -0.15) is 0 Å². The van der Waals surface area contributed by atoms with Gasteiger partial charge in [0.2, 0.25) is 0 Å². The van der Waals surface area contributed by atoms with Crippen molar-refractivity contribution in [2.24, 2.45) is 0 Å². The number of benzene rings is 2. The maximum absolute atomic E-state index is 12.1. The summed E-state index contributed by atoms with van der Waals surface area (Å²) in [6.07, 6.45) is -0.796. The quantitative estimate of drug-likeness (QED) is 0.751. The fourth-order valence-electron chi connectivity index (χ4n) is 2.05. The number of amides is 2. The zero-order valence-corrected chi connectivity index (χ0v) is 13.8. The Labute approximate surface area is 140 Å². The summed E-state index contributed by atoms with van der Waals surface area (Å²) in [5.41, 5.74) is 6.63. The van der Waals surface area contributed by atoms with E-state index in [0.717, 1.165) is 11.1 Å². The van der Waals surface area contributed by atoms with Crippen LogP contribution >= 0.6 is 0 Å². The summed E-state index contributed by atoms with van der Waals surface area (Å²) in [7, 11) is 0. The van der Waals surface area contributed by atoms with E-state index >= 15 is 0 Å². The van der Waals surface area contributed by atoms with E-state index in [1.165, 1.54) is 12.1 Å². The van der Waals surface area contributed by atoms with Crippen LogP contribution in [0, 0.1) is 13.8 Å². The highest BCUT2D eigenvalue weighted by molar-refractivity contribution is 5.97. The van der Waals surface area contributed by atoms with E-state index in [1.54, 1.807) is 25.1 Å².